The highest BCUT2D eigenvalue weighted by molar-refractivity contribution is 5.86. The van der Waals surface area contributed by atoms with Crippen molar-refractivity contribution in [1.82, 2.24) is 0 Å². The van der Waals surface area contributed by atoms with Gasteiger partial charge < -0.3 is 19.9 Å². The second-order valence-electron chi connectivity index (χ2n) is 7.16. The van der Waals surface area contributed by atoms with E-state index in [2.05, 4.69) is 5.32 Å². The van der Waals surface area contributed by atoms with Crippen molar-refractivity contribution in [3.63, 3.8) is 0 Å². The average Bonchev–Trinajstić information content (AvgIpc) is 2.36. The van der Waals surface area contributed by atoms with Crippen LogP contribution in [0.2, 0.25) is 0 Å². The number of carbonyl (C=O) groups is 1. The lowest BCUT2D eigenvalue weighted by Gasteiger charge is -2.24. The Bertz CT molecular complexity index is 557. The van der Waals surface area contributed by atoms with Crippen molar-refractivity contribution in [1.29, 1.82) is 0 Å². The number of benzene rings is 1. The molecule has 0 aliphatic rings. The molecule has 1 amide bonds. The molecule has 0 bridgehead atoms. The molecule has 1 rings (SSSR count). The smallest absolute Gasteiger partial charge is 0.412 e. The van der Waals surface area contributed by atoms with Gasteiger partial charge in [-0.1, -0.05) is 0 Å². The molecule has 0 aromatic heterocycles. The zero-order valence-electron chi connectivity index (χ0n) is 15.1. The van der Waals surface area contributed by atoms with E-state index < -0.39 is 17.2 Å². The zero-order valence-corrected chi connectivity index (χ0v) is 15.1. The van der Waals surface area contributed by atoms with E-state index >= 15 is 0 Å². The summed E-state index contributed by atoms with van der Waals surface area (Å²) in [5.74, 6) is 1.11. The number of nitrogens with two attached hydrogens (primary N) is 1. The first-order valence-electron chi connectivity index (χ1n) is 7.49. The van der Waals surface area contributed by atoms with E-state index in [4.69, 9.17) is 19.9 Å². The molecule has 0 aliphatic carbocycles. The molecule has 130 valence electrons. The quantitative estimate of drug-likeness (QED) is 0.868. The second kappa shape index (κ2) is 7.08. The molecule has 1 aromatic rings. The van der Waals surface area contributed by atoms with Gasteiger partial charge in [0.1, 0.15) is 5.60 Å². The highest BCUT2D eigenvalue weighted by Crippen LogP contribution is 2.35. The summed E-state index contributed by atoms with van der Waals surface area (Å²) >= 11 is 0. The van der Waals surface area contributed by atoms with Gasteiger partial charge in [0.25, 0.3) is 0 Å². The van der Waals surface area contributed by atoms with E-state index in [-0.39, 0.29) is 0 Å². The fraction of sp³-hybridized carbons (Fsp3) is 0.588. The number of methoxy groups -OCH3 is 2. The number of nitrogens with one attached hydrogen (secondary N) is 1. The molecule has 0 aliphatic heterocycles. The van der Waals surface area contributed by atoms with E-state index in [1.807, 2.05) is 40.7 Å². The fourth-order valence-electron chi connectivity index (χ4n) is 2.09. The predicted molar refractivity (Wildman–Crippen MR) is 91.4 cm³/mol. The van der Waals surface area contributed by atoms with Crippen LogP contribution in [0.1, 0.15) is 40.2 Å². The molecule has 0 radical (unpaired) electrons. The maximum Gasteiger partial charge on any atom is 0.412 e. The standard InChI is InChI=1S/C17H28N2O4/c1-16(2,3)23-15(20)19-12-9-14(22-7)13(21-6)8-11(12)10-17(4,5)18/h8-9H,10,18H2,1-7H3,(H,19,20). The Morgan fingerprint density at radius 2 is 1.61 bits per heavy atom. The summed E-state index contributed by atoms with van der Waals surface area (Å²) in [5, 5.41) is 2.76. The number of rotatable bonds is 5. The zero-order chi connectivity index (χ0) is 17.8. The number of hydrogen-bond acceptors (Lipinski definition) is 5. The molecule has 0 unspecified atom stereocenters. The summed E-state index contributed by atoms with van der Waals surface area (Å²) in [5.41, 5.74) is 6.54. The minimum absolute atomic E-state index is 0.441. The Morgan fingerprint density at radius 1 is 1.09 bits per heavy atom. The number of carbonyl (C=O) groups excluding carboxylic acids is 1. The van der Waals surface area contributed by atoms with Gasteiger partial charge >= 0.3 is 6.09 Å². The van der Waals surface area contributed by atoms with Gasteiger partial charge in [0.15, 0.2) is 11.5 Å². The topological polar surface area (TPSA) is 82.8 Å². The van der Waals surface area contributed by atoms with Crippen molar-refractivity contribution in [2.24, 2.45) is 5.73 Å². The molecule has 1 aromatic carbocycles. The molecule has 0 heterocycles. The highest BCUT2D eigenvalue weighted by atomic mass is 16.6. The maximum atomic E-state index is 12.1. The van der Waals surface area contributed by atoms with E-state index in [9.17, 15) is 4.79 Å². The third-order valence-corrected chi connectivity index (χ3v) is 2.89. The Morgan fingerprint density at radius 3 is 2.04 bits per heavy atom. The molecule has 0 spiro atoms. The summed E-state index contributed by atoms with van der Waals surface area (Å²) in [6.07, 6.45) is 0.0270. The summed E-state index contributed by atoms with van der Waals surface area (Å²) in [6, 6.07) is 3.53. The number of ether oxygens (including phenoxy) is 3. The van der Waals surface area contributed by atoms with Gasteiger partial charge in [0.2, 0.25) is 0 Å². The first-order valence-corrected chi connectivity index (χ1v) is 7.49. The molecular formula is C17H28N2O4. The molecule has 0 saturated heterocycles. The van der Waals surface area contributed by atoms with E-state index in [0.29, 0.717) is 23.6 Å². The summed E-state index contributed by atoms with van der Waals surface area (Å²) in [6.45, 7) is 9.27. The van der Waals surface area contributed by atoms with Crippen LogP contribution in [0.25, 0.3) is 0 Å². The van der Waals surface area contributed by atoms with Gasteiger partial charge in [0.05, 0.1) is 19.9 Å². The van der Waals surface area contributed by atoms with Crippen LogP contribution in [0.4, 0.5) is 10.5 Å². The van der Waals surface area contributed by atoms with Crippen molar-refractivity contribution in [2.45, 2.75) is 52.2 Å². The van der Waals surface area contributed by atoms with Crippen LogP contribution in [-0.4, -0.2) is 31.5 Å². The number of anilines is 1. The number of hydrogen-bond donors (Lipinski definition) is 2. The summed E-state index contributed by atoms with van der Waals surface area (Å²) in [7, 11) is 3.11. The average molecular weight is 324 g/mol. The Labute approximate surface area is 138 Å². The van der Waals surface area contributed by atoms with Crippen LogP contribution in [0.15, 0.2) is 12.1 Å². The van der Waals surface area contributed by atoms with Crippen LogP contribution in [0.3, 0.4) is 0 Å². The van der Waals surface area contributed by atoms with E-state index in [1.54, 1.807) is 20.3 Å². The monoisotopic (exact) mass is 324 g/mol. The van der Waals surface area contributed by atoms with Crippen LogP contribution in [-0.2, 0) is 11.2 Å². The van der Waals surface area contributed by atoms with Crippen LogP contribution >= 0.6 is 0 Å². The van der Waals surface area contributed by atoms with Gasteiger partial charge in [-0.3, -0.25) is 5.32 Å². The Kier molecular flexibility index (Phi) is 5.88. The lowest BCUT2D eigenvalue weighted by Crippen LogP contribution is -2.35. The Balaban J connectivity index is 3.18. The van der Waals surface area contributed by atoms with Gasteiger partial charge in [-0.2, -0.15) is 0 Å². The normalized spacial score (nSPS) is 11.8. The molecule has 0 fully saturated rings. The van der Waals surface area contributed by atoms with Crippen molar-refractivity contribution in [3.05, 3.63) is 17.7 Å². The van der Waals surface area contributed by atoms with Gasteiger partial charge in [-0.25, -0.2) is 4.79 Å². The molecule has 6 nitrogen and oxygen atoms in total. The molecule has 0 saturated carbocycles. The van der Waals surface area contributed by atoms with Crippen LogP contribution in [0, 0.1) is 0 Å². The first kappa shape index (κ1) is 19.1. The number of amides is 1. The van der Waals surface area contributed by atoms with Crippen LogP contribution in [0.5, 0.6) is 11.5 Å². The van der Waals surface area contributed by atoms with Gasteiger partial charge in [-0.15, -0.1) is 0 Å². The van der Waals surface area contributed by atoms with E-state index in [1.165, 1.54) is 0 Å². The second-order valence-corrected chi connectivity index (χ2v) is 7.16. The van der Waals surface area contributed by atoms with Crippen molar-refractivity contribution in [3.8, 4) is 11.5 Å². The molecule has 23 heavy (non-hydrogen) atoms. The Hall–Kier alpha value is -1.95. The molecular weight excluding hydrogens is 296 g/mol. The third-order valence-electron chi connectivity index (χ3n) is 2.89. The summed E-state index contributed by atoms with van der Waals surface area (Å²) in [4.78, 5) is 12.1. The van der Waals surface area contributed by atoms with Crippen molar-refractivity contribution >= 4 is 11.8 Å². The molecule has 6 heteroatoms. The SMILES string of the molecule is COc1cc(CC(C)(C)N)c(NC(=O)OC(C)(C)C)cc1OC. The lowest BCUT2D eigenvalue weighted by molar-refractivity contribution is 0.0635. The largest absolute Gasteiger partial charge is 0.493 e. The maximum absolute atomic E-state index is 12.1. The first-order chi connectivity index (χ1) is 10.4. The van der Waals surface area contributed by atoms with Crippen LogP contribution < -0.4 is 20.5 Å². The predicted octanol–water partition coefficient (Wildman–Crippen LogP) is 3.33. The van der Waals surface area contributed by atoms with Crippen molar-refractivity contribution in [2.75, 3.05) is 19.5 Å². The van der Waals surface area contributed by atoms with Gasteiger partial charge in [-0.05, 0) is 52.7 Å². The third kappa shape index (κ3) is 6.36. The molecule has 3 N–H and O–H groups in total. The summed E-state index contributed by atoms with van der Waals surface area (Å²) < 4.78 is 15.9. The lowest BCUT2D eigenvalue weighted by atomic mass is 9.94. The fourth-order valence-corrected chi connectivity index (χ4v) is 2.09. The highest BCUT2D eigenvalue weighted by Gasteiger charge is 2.21. The van der Waals surface area contributed by atoms with Crippen molar-refractivity contribution < 1.29 is 19.0 Å². The minimum Gasteiger partial charge on any atom is -0.493 e. The van der Waals surface area contributed by atoms with E-state index in [0.717, 1.165) is 5.56 Å². The van der Waals surface area contributed by atoms with Gasteiger partial charge in [0, 0.05) is 11.6 Å². The minimum atomic E-state index is -0.575. The molecule has 0 atom stereocenters.